The van der Waals surface area contributed by atoms with Crippen LogP contribution in [0.4, 0.5) is 0 Å². The van der Waals surface area contributed by atoms with Gasteiger partial charge in [0.05, 0.1) is 37.2 Å². The van der Waals surface area contributed by atoms with Gasteiger partial charge in [0, 0.05) is 17.2 Å². The number of aliphatic hydroxyl groups is 6. The Labute approximate surface area is 378 Å². The van der Waals surface area contributed by atoms with Gasteiger partial charge in [-0.25, -0.2) is 0 Å². The molecule has 2 amide bonds. The molecule has 0 aromatic rings. The average Bonchev–Trinajstić information content (AvgIpc) is 3.81. The Morgan fingerprint density at radius 1 is 0.825 bits per heavy atom. The van der Waals surface area contributed by atoms with Crippen LogP contribution in [-0.4, -0.2) is 171 Å². The number of ketones is 1. The molecule has 5 fully saturated rings. The number of likely N-dealkylation sites (tertiary alicyclic amines) is 1. The van der Waals surface area contributed by atoms with Gasteiger partial charge in [-0.1, -0.05) is 71.8 Å². The van der Waals surface area contributed by atoms with Gasteiger partial charge in [0.1, 0.15) is 72.3 Å². The SMILES string of the molecule is CO[C@@H]1C(OC2COC(OC3C(O)C(O)COC3N3C(=O)/C(=C(O)/C=C/C=C/C=C/C=C/C=C(Cl)/C=C/C=C(\Cl)C4O[C@H](C)C[C@@H]4Cl)C(=O)[C@@H]3CC(N)=O)C(O)C2O)O[C@H](C)[C@H]1O. The number of alkyl halides is 1. The molecular formula is C42H53Cl3N2O16. The van der Waals surface area contributed by atoms with Gasteiger partial charge < -0.3 is 69.5 Å². The highest BCUT2D eigenvalue weighted by Gasteiger charge is 2.56. The number of rotatable bonds is 16. The van der Waals surface area contributed by atoms with E-state index in [2.05, 4.69) is 0 Å². The lowest BCUT2D eigenvalue weighted by Crippen LogP contribution is -2.65. The molecule has 0 aliphatic carbocycles. The minimum atomic E-state index is -1.86. The molecule has 348 valence electrons. The van der Waals surface area contributed by atoms with Crippen LogP contribution in [0.3, 0.4) is 0 Å². The van der Waals surface area contributed by atoms with E-state index in [9.17, 15) is 45.0 Å². The van der Waals surface area contributed by atoms with Gasteiger partial charge in [0.25, 0.3) is 5.91 Å². The van der Waals surface area contributed by atoms with E-state index in [1.54, 1.807) is 61.6 Å². The van der Waals surface area contributed by atoms with Crippen LogP contribution in [0.25, 0.3) is 0 Å². The molecule has 18 nitrogen and oxygen atoms in total. The molecule has 0 radical (unpaired) electrons. The van der Waals surface area contributed by atoms with Gasteiger partial charge in [-0.3, -0.25) is 19.3 Å². The molecule has 8 N–H and O–H groups in total. The standard InChI is InChI=1S/C42H53Cl3N2O16/c1-20-16-24(45)36(60-20)23(44)14-11-13-22(43)12-9-7-5-4-6-8-10-15-26(48)30-32(52)25(17-29(46)50)47(39(30)56)40-37(33(53)27(49)18-58-40)63-41-35(55)34(54)28(19-59-41)62-42-38(57-3)31(51)21(2)61-42/h4-15,20-21,24-25,27-28,31,33-38,40-42,48-49,51,53-55H,16-19H2,1-3H3,(H2,46,50)/b5-4+,8-6+,9-7+,13-11+,15-10+,22-12-,23-14-,30-26-/t20-,21-,24+,25+,27?,28?,31-,33?,34?,35?,36?,37?,38+,40?,41?,42?/m1/s1. The van der Waals surface area contributed by atoms with Crippen molar-refractivity contribution >= 4 is 52.4 Å². The third kappa shape index (κ3) is 12.5. The number of primary amides is 1. The first kappa shape index (κ1) is 50.7. The number of methoxy groups -OCH3 is 1. The number of allylic oxidation sites excluding steroid dienone is 13. The predicted molar refractivity (Wildman–Crippen MR) is 226 cm³/mol. The van der Waals surface area contributed by atoms with Crippen LogP contribution in [0, 0.1) is 0 Å². The number of halogens is 3. The van der Waals surface area contributed by atoms with Crippen LogP contribution in [0.5, 0.6) is 0 Å². The first-order chi connectivity index (χ1) is 29.9. The van der Waals surface area contributed by atoms with Gasteiger partial charge in [-0.05, 0) is 44.6 Å². The summed E-state index contributed by atoms with van der Waals surface area (Å²) >= 11 is 18.8. The van der Waals surface area contributed by atoms with Crippen molar-refractivity contribution in [3.05, 3.63) is 94.3 Å². The number of Topliss-reactive ketones (excluding diaryl/α,β-unsaturated/α-hetero) is 1. The van der Waals surface area contributed by atoms with Gasteiger partial charge in [-0.2, -0.15) is 0 Å². The summed E-state index contributed by atoms with van der Waals surface area (Å²) in [6, 6.07) is -1.63. The second-order valence-corrected chi connectivity index (χ2v) is 16.7. The Bertz CT molecular complexity index is 1890. The number of amides is 2. The van der Waals surface area contributed by atoms with Crippen LogP contribution in [0.1, 0.15) is 26.7 Å². The quantitative estimate of drug-likeness (QED) is 0.0378. The summed E-state index contributed by atoms with van der Waals surface area (Å²) in [5.41, 5.74) is 4.72. The van der Waals surface area contributed by atoms with Crippen LogP contribution in [0.15, 0.2) is 94.3 Å². The molecular weight excluding hydrogens is 895 g/mol. The number of hydrogen-bond acceptors (Lipinski definition) is 16. The van der Waals surface area contributed by atoms with E-state index < -0.39 is 128 Å². The fraction of sp³-hybridized carbons (Fsp3) is 0.548. The van der Waals surface area contributed by atoms with Crippen molar-refractivity contribution in [3.63, 3.8) is 0 Å². The molecule has 10 unspecified atom stereocenters. The summed E-state index contributed by atoms with van der Waals surface area (Å²) in [6.45, 7) is 2.55. The van der Waals surface area contributed by atoms with Gasteiger partial charge in [-0.15, -0.1) is 11.6 Å². The molecule has 5 aliphatic heterocycles. The molecule has 16 atom stereocenters. The summed E-state index contributed by atoms with van der Waals surface area (Å²) in [6.07, 6.45) is 1.43. The number of ether oxygens (including phenoxy) is 7. The van der Waals surface area contributed by atoms with Crippen molar-refractivity contribution in [2.24, 2.45) is 5.73 Å². The summed E-state index contributed by atoms with van der Waals surface area (Å²) < 4.78 is 39.5. The van der Waals surface area contributed by atoms with Crippen molar-refractivity contribution in [3.8, 4) is 0 Å². The minimum Gasteiger partial charge on any atom is -0.507 e. The first-order valence-corrected chi connectivity index (χ1v) is 21.2. The number of aliphatic hydroxyl groups excluding tert-OH is 6. The average molecular weight is 948 g/mol. The first-order valence-electron chi connectivity index (χ1n) is 20.0. The van der Waals surface area contributed by atoms with Crippen LogP contribution >= 0.6 is 34.8 Å². The highest BCUT2D eigenvalue weighted by Crippen LogP contribution is 2.36. The molecule has 5 rings (SSSR count). The Kier molecular flexibility index (Phi) is 18.7. The molecule has 0 aromatic carbocycles. The largest absolute Gasteiger partial charge is 0.507 e. The van der Waals surface area contributed by atoms with E-state index in [-0.39, 0.29) is 17.6 Å². The molecule has 5 saturated heterocycles. The molecule has 63 heavy (non-hydrogen) atoms. The molecule has 21 heteroatoms. The lowest BCUT2D eigenvalue weighted by molar-refractivity contribution is -0.338. The Morgan fingerprint density at radius 2 is 1.51 bits per heavy atom. The van der Waals surface area contributed by atoms with Gasteiger partial charge >= 0.3 is 0 Å². The Balaban J connectivity index is 1.22. The third-order valence-electron chi connectivity index (χ3n) is 10.7. The Morgan fingerprint density at radius 3 is 2.16 bits per heavy atom. The highest BCUT2D eigenvalue weighted by molar-refractivity contribution is 6.32. The van der Waals surface area contributed by atoms with Crippen LogP contribution in [0.2, 0.25) is 0 Å². The fourth-order valence-electron chi connectivity index (χ4n) is 7.39. The number of hydrogen-bond donors (Lipinski definition) is 7. The zero-order chi connectivity index (χ0) is 46.1. The topological polar surface area (TPSA) is 266 Å². The highest BCUT2D eigenvalue weighted by atomic mass is 35.5. The molecule has 5 heterocycles. The zero-order valence-electron chi connectivity index (χ0n) is 34.4. The zero-order valence-corrected chi connectivity index (χ0v) is 36.7. The number of carbonyl (C=O) groups excluding carboxylic acids is 3. The molecule has 0 bridgehead atoms. The molecule has 0 aromatic heterocycles. The summed E-state index contributed by atoms with van der Waals surface area (Å²) in [7, 11) is 1.34. The lowest BCUT2D eigenvalue weighted by Gasteiger charge is -2.46. The maximum atomic E-state index is 13.9. The van der Waals surface area contributed by atoms with Crippen molar-refractivity contribution < 1.29 is 78.2 Å². The van der Waals surface area contributed by atoms with Crippen molar-refractivity contribution in [2.75, 3.05) is 20.3 Å². The van der Waals surface area contributed by atoms with Crippen LogP contribution < -0.4 is 5.73 Å². The maximum absolute atomic E-state index is 13.9. The van der Waals surface area contributed by atoms with Gasteiger partial charge in [0.2, 0.25) is 5.91 Å². The molecule has 5 aliphatic rings. The summed E-state index contributed by atoms with van der Waals surface area (Å²) in [4.78, 5) is 40.5. The summed E-state index contributed by atoms with van der Waals surface area (Å²) in [5.74, 6) is -3.87. The Hall–Kier alpha value is -3.28. The van der Waals surface area contributed by atoms with Crippen molar-refractivity contribution in [2.45, 2.75) is 124 Å². The van der Waals surface area contributed by atoms with E-state index >= 15 is 0 Å². The van der Waals surface area contributed by atoms with Crippen molar-refractivity contribution in [1.82, 2.24) is 4.90 Å². The summed E-state index contributed by atoms with van der Waals surface area (Å²) in [5, 5.41) is 65.5. The number of carbonyl (C=O) groups is 3. The number of nitrogens with two attached hydrogens (primary N) is 1. The van der Waals surface area contributed by atoms with E-state index in [0.717, 1.165) is 11.0 Å². The third-order valence-corrected chi connectivity index (χ3v) is 11.7. The molecule has 0 spiro atoms. The molecule has 0 saturated carbocycles. The predicted octanol–water partition coefficient (Wildman–Crippen LogP) is 1.31. The second kappa shape index (κ2) is 23.3. The monoisotopic (exact) mass is 946 g/mol. The van der Waals surface area contributed by atoms with E-state index in [4.69, 9.17) is 73.7 Å². The van der Waals surface area contributed by atoms with Crippen molar-refractivity contribution in [1.29, 1.82) is 0 Å². The van der Waals surface area contributed by atoms with Gasteiger partial charge in [0.15, 0.2) is 24.6 Å². The maximum Gasteiger partial charge on any atom is 0.264 e. The van der Waals surface area contributed by atoms with E-state index in [1.165, 1.54) is 19.3 Å². The smallest absolute Gasteiger partial charge is 0.264 e. The fourth-order valence-corrected chi connectivity index (χ4v) is 8.32. The number of nitrogens with zero attached hydrogens (tertiary/aromatic N) is 1. The minimum absolute atomic E-state index is 0.0293. The van der Waals surface area contributed by atoms with E-state index in [1.807, 2.05) is 6.92 Å². The second-order valence-electron chi connectivity index (χ2n) is 15.3. The van der Waals surface area contributed by atoms with E-state index in [0.29, 0.717) is 16.5 Å². The lowest BCUT2D eigenvalue weighted by atomic mass is 10.0. The van der Waals surface area contributed by atoms with Crippen LogP contribution in [-0.2, 0) is 47.5 Å². The normalized spacial score (nSPS) is 39.4.